The number of nitrogens with zero attached hydrogens (tertiary/aromatic N) is 5. The summed E-state index contributed by atoms with van der Waals surface area (Å²) >= 11 is 0. The lowest BCUT2D eigenvalue weighted by Crippen LogP contribution is -2.01. The van der Waals surface area contributed by atoms with Crippen molar-refractivity contribution in [3.05, 3.63) is 61.6 Å². The van der Waals surface area contributed by atoms with Crippen molar-refractivity contribution in [3.63, 3.8) is 0 Å². The molecule has 0 amide bonds. The molecule has 0 atom stereocenters. The van der Waals surface area contributed by atoms with E-state index >= 15 is 0 Å². The van der Waals surface area contributed by atoms with Crippen LogP contribution in [0.4, 0.5) is 0 Å². The summed E-state index contributed by atoms with van der Waals surface area (Å²) in [5, 5.41) is 8.81. The van der Waals surface area contributed by atoms with E-state index in [4.69, 9.17) is 9.84 Å². The molecule has 0 fully saturated rings. The molecule has 4 rings (SSSR count). The van der Waals surface area contributed by atoms with Gasteiger partial charge in [0.05, 0.1) is 18.3 Å². The molecule has 3 heterocycles. The van der Waals surface area contributed by atoms with E-state index in [1.54, 1.807) is 25.0 Å². The summed E-state index contributed by atoms with van der Waals surface area (Å²) in [7, 11) is 0. The molecule has 1 N–H and O–H groups in total. The summed E-state index contributed by atoms with van der Waals surface area (Å²) < 4.78 is 9.23. The van der Waals surface area contributed by atoms with Gasteiger partial charge in [-0.1, -0.05) is 0 Å². The Hall–Kier alpha value is -3.19. The fourth-order valence-corrected chi connectivity index (χ4v) is 2.51. The minimum Gasteiger partial charge on any atom is -0.491 e. The summed E-state index contributed by atoms with van der Waals surface area (Å²) in [4.78, 5) is 12.9. The van der Waals surface area contributed by atoms with E-state index in [0.29, 0.717) is 0 Å². The van der Waals surface area contributed by atoms with Crippen molar-refractivity contribution in [2.45, 2.75) is 0 Å². The molecule has 0 aliphatic heterocycles. The molecule has 7 nitrogen and oxygen atoms in total. The van der Waals surface area contributed by atoms with Crippen molar-refractivity contribution in [2.75, 3.05) is 13.2 Å². The van der Waals surface area contributed by atoms with Crippen LogP contribution in [0.2, 0.25) is 0 Å². The van der Waals surface area contributed by atoms with Crippen LogP contribution in [0, 0.1) is 0 Å². The molecule has 4 aromatic rings. The minimum absolute atomic E-state index is 0.00205. The highest BCUT2D eigenvalue weighted by Crippen LogP contribution is 2.21. The molecule has 7 heteroatoms. The first-order valence-electron chi connectivity index (χ1n) is 7.51. The van der Waals surface area contributed by atoms with Gasteiger partial charge < -0.3 is 9.84 Å². The first-order chi connectivity index (χ1) is 11.8. The number of aliphatic hydroxyl groups is 1. The van der Waals surface area contributed by atoms with Crippen LogP contribution in [-0.4, -0.2) is 42.4 Å². The van der Waals surface area contributed by atoms with Gasteiger partial charge in [-0.3, -0.25) is 9.13 Å². The Kier molecular flexibility index (Phi) is 3.68. The molecule has 0 aliphatic rings. The van der Waals surface area contributed by atoms with Gasteiger partial charge in [0.25, 0.3) is 0 Å². The Morgan fingerprint density at radius 1 is 1.08 bits per heavy atom. The van der Waals surface area contributed by atoms with Crippen molar-refractivity contribution in [3.8, 4) is 17.3 Å². The van der Waals surface area contributed by atoms with Crippen LogP contribution >= 0.6 is 0 Å². The van der Waals surface area contributed by atoms with Gasteiger partial charge in [-0.15, -0.1) is 0 Å². The average Bonchev–Trinajstić information content (AvgIpc) is 3.29. The average molecular weight is 321 g/mol. The molecular weight excluding hydrogens is 306 g/mol. The lowest BCUT2D eigenvalue weighted by atomic mass is 10.3. The highest BCUT2D eigenvalue weighted by Gasteiger charge is 2.08. The highest BCUT2D eigenvalue weighted by molar-refractivity contribution is 5.78. The normalized spacial score (nSPS) is 11.0. The van der Waals surface area contributed by atoms with E-state index in [1.807, 2.05) is 45.7 Å². The quantitative estimate of drug-likeness (QED) is 0.608. The maximum atomic E-state index is 8.81. The monoisotopic (exact) mass is 321 g/mol. The molecule has 0 unspecified atom stereocenters. The predicted molar refractivity (Wildman–Crippen MR) is 88.6 cm³/mol. The van der Waals surface area contributed by atoms with E-state index in [9.17, 15) is 0 Å². The van der Waals surface area contributed by atoms with Crippen LogP contribution in [0.15, 0.2) is 61.6 Å². The second kappa shape index (κ2) is 6.13. The van der Waals surface area contributed by atoms with Crippen LogP contribution in [0.1, 0.15) is 0 Å². The van der Waals surface area contributed by atoms with Gasteiger partial charge >= 0.3 is 0 Å². The first-order valence-corrected chi connectivity index (χ1v) is 7.51. The Morgan fingerprint density at radius 3 is 2.71 bits per heavy atom. The van der Waals surface area contributed by atoms with Crippen molar-refractivity contribution < 1.29 is 9.84 Å². The molecule has 0 saturated heterocycles. The zero-order valence-electron chi connectivity index (χ0n) is 12.8. The lowest BCUT2D eigenvalue weighted by molar-refractivity contribution is 0.201. The fraction of sp³-hybridized carbons (Fsp3) is 0.118. The maximum absolute atomic E-state index is 8.81. The topological polar surface area (TPSA) is 78.0 Å². The number of hydrogen-bond acceptors (Lipinski definition) is 5. The second-order valence-electron chi connectivity index (χ2n) is 5.18. The highest BCUT2D eigenvalue weighted by atomic mass is 16.5. The first kappa shape index (κ1) is 14.4. The summed E-state index contributed by atoms with van der Waals surface area (Å²) in [5.41, 5.74) is 2.74. The molecular formula is C17H15N5O2. The Morgan fingerprint density at radius 2 is 1.96 bits per heavy atom. The zero-order chi connectivity index (χ0) is 16.4. The lowest BCUT2D eigenvalue weighted by Gasteiger charge is -2.08. The summed E-state index contributed by atoms with van der Waals surface area (Å²) in [6.07, 6.45) is 8.80. The molecule has 1 aromatic carbocycles. The minimum atomic E-state index is -0.00205. The molecule has 120 valence electrons. The van der Waals surface area contributed by atoms with Crippen LogP contribution in [0.5, 0.6) is 5.75 Å². The molecule has 0 bridgehead atoms. The van der Waals surface area contributed by atoms with Crippen molar-refractivity contribution in [2.24, 2.45) is 0 Å². The van der Waals surface area contributed by atoms with Crippen LogP contribution in [0.3, 0.4) is 0 Å². The van der Waals surface area contributed by atoms with Gasteiger partial charge in [0.1, 0.15) is 36.3 Å². The Balaban J connectivity index is 1.72. The van der Waals surface area contributed by atoms with Crippen LogP contribution in [0.25, 0.3) is 22.5 Å². The van der Waals surface area contributed by atoms with E-state index in [2.05, 4.69) is 15.0 Å². The van der Waals surface area contributed by atoms with Gasteiger partial charge in [-0.2, -0.15) is 0 Å². The number of imidazole rings is 2. The van der Waals surface area contributed by atoms with Crippen LogP contribution < -0.4 is 4.74 Å². The van der Waals surface area contributed by atoms with Crippen molar-refractivity contribution >= 4 is 11.0 Å². The number of aromatic nitrogens is 5. The summed E-state index contributed by atoms with van der Waals surface area (Å²) in [6.45, 7) is 0.283. The van der Waals surface area contributed by atoms with Gasteiger partial charge in [0, 0.05) is 24.1 Å². The number of pyridine rings is 1. The number of benzene rings is 1. The van der Waals surface area contributed by atoms with E-state index in [1.165, 1.54) is 0 Å². The van der Waals surface area contributed by atoms with Gasteiger partial charge in [0.15, 0.2) is 0 Å². The Bertz CT molecular complexity index is 945. The predicted octanol–water partition coefficient (Wildman–Crippen LogP) is 1.98. The van der Waals surface area contributed by atoms with Crippen molar-refractivity contribution in [1.29, 1.82) is 0 Å². The molecule has 0 spiro atoms. The molecule has 3 aromatic heterocycles. The number of rotatable bonds is 5. The molecule has 0 radical (unpaired) electrons. The fourth-order valence-electron chi connectivity index (χ4n) is 2.51. The standard InChI is InChI=1S/C17H15N5O2/c23-7-8-24-14-3-1-13(2-4-14)22-12-20-15-10-19-17(9-16(15)22)21-6-5-18-11-21/h1-6,9-12,23H,7-8H2. The molecule has 24 heavy (non-hydrogen) atoms. The molecule has 0 aliphatic carbocycles. The zero-order valence-corrected chi connectivity index (χ0v) is 12.8. The third kappa shape index (κ3) is 2.61. The van der Waals surface area contributed by atoms with E-state index in [-0.39, 0.29) is 13.2 Å². The number of ether oxygens (including phenoxy) is 1. The number of fused-ring (bicyclic) bond motifs is 1. The number of hydrogen-bond donors (Lipinski definition) is 1. The number of aliphatic hydroxyl groups excluding tert-OH is 1. The third-order valence-electron chi connectivity index (χ3n) is 3.66. The third-order valence-corrected chi connectivity index (χ3v) is 3.66. The van der Waals surface area contributed by atoms with E-state index in [0.717, 1.165) is 28.3 Å². The smallest absolute Gasteiger partial charge is 0.140 e. The van der Waals surface area contributed by atoms with E-state index < -0.39 is 0 Å². The van der Waals surface area contributed by atoms with Crippen molar-refractivity contribution in [1.82, 2.24) is 24.1 Å². The second-order valence-corrected chi connectivity index (χ2v) is 5.18. The maximum Gasteiger partial charge on any atom is 0.140 e. The Labute approximate surface area is 137 Å². The SMILES string of the molecule is OCCOc1ccc(-n2cnc3cnc(-n4ccnc4)cc32)cc1. The largest absolute Gasteiger partial charge is 0.491 e. The van der Waals surface area contributed by atoms with Gasteiger partial charge in [-0.05, 0) is 24.3 Å². The summed E-state index contributed by atoms with van der Waals surface area (Å²) in [6, 6.07) is 9.61. The van der Waals surface area contributed by atoms with Crippen LogP contribution in [-0.2, 0) is 0 Å². The van der Waals surface area contributed by atoms with Gasteiger partial charge in [-0.25, -0.2) is 15.0 Å². The van der Waals surface area contributed by atoms with Gasteiger partial charge in [0.2, 0.25) is 0 Å². The molecule has 0 saturated carbocycles. The summed E-state index contributed by atoms with van der Waals surface area (Å²) in [5.74, 6) is 1.50.